The van der Waals surface area contributed by atoms with Gasteiger partial charge in [0.1, 0.15) is 0 Å². The highest BCUT2D eigenvalue weighted by Gasteiger charge is 2.21. The van der Waals surface area contributed by atoms with Crippen LogP contribution in [0.5, 0.6) is 0 Å². The summed E-state index contributed by atoms with van der Waals surface area (Å²) in [5.74, 6) is 1.19. The Kier molecular flexibility index (Phi) is 4.71. The van der Waals surface area contributed by atoms with E-state index in [2.05, 4.69) is 53.8 Å². The van der Waals surface area contributed by atoms with Crippen molar-refractivity contribution in [3.05, 3.63) is 59.7 Å². The molecule has 1 N–H and O–H groups in total. The number of hydrogen-bond acceptors (Lipinski definition) is 3. The van der Waals surface area contributed by atoms with E-state index in [1.165, 1.54) is 33.1 Å². The average molecular weight is 301 g/mol. The molecule has 1 atom stereocenters. The number of rotatable bonds is 5. The summed E-state index contributed by atoms with van der Waals surface area (Å²) in [5.41, 5.74) is 2.87. The molecule has 0 spiro atoms. The molecule has 20 heavy (non-hydrogen) atoms. The van der Waals surface area contributed by atoms with Gasteiger partial charge in [0.25, 0.3) is 0 Å². The zero-order chi connectivity index (χ0) is 13.8. The molecule has 2 aromatic carbocycles. The SMILES string of the molecule is CNCc1ccc(SCC2Cc3ccccc3S2)cc1. The van der Waals surface area contributed by atoms with Crippen molar-refractivity contribution in [2.45, 2.75) is 28.0 Å². The molecule has 1 unspecified atom stereocenters. The van der Waals surface area contributed by atoms with E-state index in [9.17, 15) is 0 Å². The van der Waals surface area contributed by atoms with Gasteiger partial charge in [0, 0.05) is 27.3 Å². The molecular formula is C17H19NS2. The number of fused-ring (bicyclic) bond motifs is 1. The van der Waals surface area contributed by atoms with Gasteiger partial charge in [-0.15, -0.1) is 23.5 Å². The topological polar surface area (TPSA) is 12.0 Å². The first kappa shape index (κ1) is 14.1. The summed E-state index contributed by atoms with van der Waals surface area (Å²) in [6.45, 7) is 0.943. The first-order valence-corrected chi connectivity index (χ1v) is 8.82. The summed E-state index contributed by atoms with van der Waals surface area (Å²) >= 11 is 4.01. The second-order valence-corrected chi connectivity index (χ2v) is 7.47. The Labute approximate surface area is 129 Å². The highest BCUT2D eigenvalue weighted by Crippen LogP contribution is 2.39. The lowest BCUT2D eigenvalue weighted by Crippen LogP contribution is -2.05. The van der Waals surface area contributed by atoms with Gasteiger partial charge in [-0.05, 0) is 42.8 Å². The molecule has 1 aliphatic rings. The van der Waals surface area contributed by atoms with Gasteiger partial charge in [-0.25, -0.2) is 0 Å². The highest BCUT2D eigenvalue weighted by molar-refractivity contribution is 8.03. The average Bonchev–Trinajstić information content (AvgIpc) is 2.90. The maximum absolute atomic E-state index is 3.18. The summed E-state index contributed by atoms with van der Waals surface area (Å²) in [6.07, 6.45) is 1.21. The van der Waals surface area contributed by atoms with E-state index in [0.29, 0.717) is 0 Å². The Morgan fingerprint density at radius 2 is 1.95 bits per heavy atom. The van der Waals surface area contributed by atoms with Crippen LogP contribution >= 0.6 is 23.5 Å². The number of thioether (sulfide) groups is 2. The Bertz CT molecular complexity index is 540. The summed E-state index contributed by atoms with van der Waals surface area (Å²) in [6, 6.07) is 17.7. The van der Waals surface area contributed by atoms with Crippen LogP contribution in [-0.4, -0.2) is 18.1 Å². The van der Waals surface area contributed by atoms with Crippen molar-refractivity contribution >= 4 is 23.5 Å². The molecule has 0 saturated heterocycles. The van der Waals surface area contributed by atoms with E-state index in [4.69, 9.17) is 0 Å². The van der Waals surface area contributed by atoms with Crippen molar-refractivity contribution in [2.75, 3.05) is 12.8 Å². The molecule has 0 aromatic heterocycles. The minimum atomic E-state index is 0.717. The first-order valence-electron chi connectivity index (χ1n) is 6.96. The Balaban J connectivity index is 1.53. The normalized spacial score (nSPS) is 17.1. The summed E-state index contributed by atoms with van der Waals surface area (Å²) < 4.78 is 0. The molecular weight excluding hydrogens is 282 g/mol. The van der Waals surface area contributed by atoms with Crippen molar-refractivity contribution in [3.63, 3.8) is 0 Å². The molecule has 1 nitrogen and oxygen atoms in total. The van der Waals surface area contributed by atoms with Crippen LogP contribution < -0.4 is 5.32 Å². The smallest absolute Gasteiger partial charge is 0.0229 e. The van der Waals surface area contributed by atoms with Crippen LogP contribution in [0.1, 0.15) is 11.1 Å². The third-order valence-corrected chi connectivity index (χ3v) is 6.16. The fourth-order valence-corrected chi connectivity index (χ4v) is 4.83. The number of hydrogen-bond donors (Lipinski definition) is 1. The van der Waals surface area contributed by atoms with Crippen molar-refractivity contribution in [3.8, 4) is 0 Å². The van der Waals surface area contributed by atoms with E-state index < -0.39 is 0 Å². The number of benzene rings is 2. The summed E-state index contributed by atoms with van der Waals surface area (Å²) in [7, 11) is 1.98. The molecule has 2 aromatic rings. The molecule has 3 heteroatoms. The van der Waals surface area contributed by atoms with Crippen molar-refractivity contribution in [2.24, 2.45) is 0 Å². The van der Waals surface area contributed by atoms with Gasteiger partial charge in [-0.3, -0.25) is 0 Å². The standard InChI is InChI=1S/C17H19NS2/c1-18-11-13-6-8-15(9-7-13)19-12-16-10-14-4-2-3-5-17(14)20-16/h2-9,16,18H,10-12H2,1H3. The quantitative estimate of drug-likeness (QED) is 0.831. The van der Waals surface area contributed by atoms with Gasteiger partial charge in [0.2, 0.25) is 0 Å². The van der Waals surface area contributed by atoms with E-state index in [1.54, 1.807) is 0 Å². The van der Waals surface area contributed by atoms with Crippen LogP contribution in [-0.2, 0) is 13.0 Å². The van der Waals surface area contributed by atoms with Crippen LogP contribution in [0, 0.1) is 0 Å². The lowest BCUT2D eigenvalue weighted by molar-refractivity contribution is 0.817. The molecule has 0 amide bonds. The van der Waals surface area contributed by atoms with Crippen LogP contribution in [0.25, 0.3) is 0 Å². The van der Waals surface area contributed by atoms with E-state index in [1.807, 2.05) is 30.6 Å². The maximum Gasteiger partial charge on any atom is 0.0229 e. The van der Waals surface area contributed by atoms with Crippen LogP contribution in [0.3, 0.4) is 0 Å². The zero-order valence-corrected chi connectivity index (χ0v) is 13.3. The second-order valence-electron chi connectivity index (χ2n) is 5.04. The van der Waals surface area contributed by atoms with Gasteiger partial charge in [0.05, 0.1) is 0 Å². The zero-order valence-electron chi connectivity index (χ0n) is 11.6. The van der Waals surface area contributed by atoms with Crippen LogP contribution in [0.15, 0.2) is 58.3 Å². The van der Waals surface area contributed by atoms with Crippen LogP contribution in [0.2, 0.25) is 0 Å². The van der Waals surface area contributed by atoms with Crippen molar-refractivity contribution < 1.29 is 0 Å². The third-order valence-electron chi connectivity index (χ3n) is 3.45. The minimum Gasteiger partial charge on any atom is -0.316 e. The fourth-order valence-electron chi connectivity index (χ4n) is 2.44. The first-order chi connectivity index (χ1) is 9.85. The molecule has 1 heterocycles. The lowest BCUT2D eigenvalue weighted by atomic mass is 10.1. The molecule has 0 radical (unpaired) electrons. The van der Waals surface area contributed by atoms with Gasteiger partial charge < -0.3 is 5.32 Å². The van der Waals surface area contributed by atoms with E-state index in [-0.39, 0.29) is 0 Å². The molecule has 104 valence electrons. The summed E-state index contributed by atoms with van der Waals surface area (Å²) in [5, 5.41) is 3.90. The highest BCUT2D eigenvalue weighted by atomic mass is 32.2. The molecule has 0 aliphatic carbocycles. The Hall–Kier alpha value is -0.900. The Morgan fingerprint density at radius 1 is 1.15 bits per heavy atom. The number of nitrogens with one attached hydrogen (secondary N) is 1. The van der Waals surface area contributed by atoms with E-state index in [0.717, 1.165) is 11.8 Å². The van der Waals surface area contributed by atoms with Gasteiger partial charge in [-0.1, -0.05) is 30.3 Å². The van der Waals surface area contributed by atoms with Gasteiger partial charge >= 0.3 is 0 Å². The Morgan fingerprint density at radius 3 is 2.70 bits per heavy atom. The van der Waals surface area contributed by atoms with Crippen molar-refractivity contribution in [1.82, 2.24) is 5.32 Å². The molecule has 0 bridgehead atoms. The predicted molar refractivity (Wildman–Crippen MR) is 89.7 cm³/mol. The lowest BCUT2D eigenvalue weighted by Gasteiger charge is -2.08. The van der Waals surface area contributed by atoms with Gasteiger partial charge in [0.15, 0.2) is 0 Å². The maximum atomic E-state index is 3.18. The fraction of sp³-hybridized carbons (Fsp3) is 0.294. The predicted octanol–water partition coefficient (Wildman–Crippen LogP) is 4.22. The second kappa shape index (κ2) is 6.70. The monoisotopic (exact) mass is 301 g/mol. The largest absolute Gasteiger partial charge is 0.316 e. The van der Waals surface area contributed by atoms with Crippen molar-refractivity contribution in [1.29, 1.82) is 0 Å². The molecule has 1 aliphatic heterocycles. The van der Waals surface area contributed by atoms with Crippen LogP contribution in [0.4, 0.5) is 0 Å². The minimum absolute atomic E-state index is 0.717. The summed E-state index contributed by atoms with van der Waals surface area (Å²) in [4.78, 5) is 2.85. The van der Waals surface area contributed by atoms with E-state index >= 15 is 0 Å². The third kappa shape index (κ3) is 3.40. The van der Waals surface area contributed by atoms with Gasteiger partial charge in [-0.2, -0.15) is 0 Å². The molecule has 3 rings (SSSR count). The molecule has 0 fully saturated rings. The molecule has 0 saturated carbocycles.